The molecule has 0 bridgehead atoms. The molecular formula is C22H32N4O4S. The van der Waals surface area contributed by atoms with Crippen LogP contribution in [0.4, 0.5) is 0 Å². The van der Waals surface area contributed by atoms with Crippen LogP contribution in [-0.4, -0.2) is 52.3 Å². The van der Waals surface area contributed by atoms with Crippen LogP contribution in [-0.2, 0) is 27.8 Å². The van der Waals surface area contributed by atoms with Gasteiger partial charge < -0.3 is 9.88 Å². The summed E-state index contributed by atoms with van der Waals surface area (Å²) in [6.45, 7) is 2.78. The zero-order chi connectivity index (χ0) is 21.8. The summed E-state index contributed by atoms with van der Waals surface area (Å²) in [5.74, 6) is 2.04. The predicted molar refractivity (Wildman–Crippen MR) is 116 cm³/mol. The lowest BCUT2D eigenvalue weighted by Crippen LogP contribution is -2.43. The lowest BCUT2D eigenvalue weighted by Gasteiger charge is -2.36. The number of carbonyl (C=O) groups excluding carboxylic acids is 1. The Morgan fingerprint density at radius 2 is 1.81 bits per heavy atom. The lowest BCUT2D eigenvalue weighted by atomic mass is 9.99. The summed E-state index contributed by atoms with van der Waals surface area (Å²) >= 11 is 0. The van der Waals surface area contributed by atoms with Crippen LogP contribution in [0.3, 0.4) is 0 Å². The van der Waals surface area contributed by atoms with E-state index in [1.807, 2.05) is 4.90 Å². The van der Waals surface area contributed by atoms with Gasteiger partial charge in [-0.25, -0.2) is 13.4 Å². The highest BCUT2D eigenvalue weighted by atomic mass is 32.2. The first-order valence-corrected chi connectivity index (χ1v) is 13.4. The van der Waals surface area contributed by atoms with Crippen molar-refractivity contribution in [2.45, 2.75) is 70.9 Å². The summed E-state index contributed by atoms with van der Waals surface area (Å²) < 4.78 is 26.1. The molecule has 4 aliphatic rings. The van der Waals surface area contributed by atoms with Crippen molar-refractivity contribution < 1.29 is 13.2 Å². The van der Waals surface area contributed by atoms with Gasteiger partial charge in [-0.2, -0.15) is 4.31 Å². The molecule has 3 heterocycles. The van der Waals surface area contributed by atoms with E-state index in [0.717, 1.165) is 32.1 Å². The highest BCUT2D eigenvalue weighted by molar-refractivity contribution is 7.89. The maximum absolute atomic E-state index is 13.4. The van der Waals surface area contributed by atoms with Crippen LogP contribution in [0.1, 0.15) is 75.0 Å². The van der Waals surface area contributed by atoms with E-state index in [0.29, 0.717) is 48.4 Å². The number of amides is 1. The van der Waals surface area contributed by atoms with Crippen LogP contribution in [0.5, 0.6) is 0 Å². The number of fused-ring (bicyclic) bond motifs is 2. The molecule has 31 heavy (non-hydrogen) atoms. The molecule has 1 saturated heterocycles. The van der Waals surface area contributed by atoms with Crippen LogP contribution in [0, 0.1) is 17.8 Å². The van der Waals surface area contributed by atoms with Crippen molar-refractivity contribution in [3.05, 3.63) is 27.4 Å². The lowest BCUT2D eigenvalue weighted by molar-refractivity contribution is -0.137. The SMILES string of the molecule is CCS(=O)(=O)N1CCc2c(nc([C@@H]3CCCCN3C(=O)C3[C@H]4CCCC[C@H]34)[nH]c2=O)C1. The van der Waals surface area contributed by atoms with Gasteiger partial charge in [0, 0.05) is 24.6 Å². The molecule has 9 heteroatoms. The van der Waals surface area contributed by atoms with Gasteiger partial charge >= 0.3 is 0 Å². The van der Waals surface area contributed by atoms with E-state index in [9.17, 15) is 18.0 Å². The highest BCUT2D eigenvalue weighted by Gasteiger charge is 2.56. The molecular weight excluding hydrogens is 416 g/mol. The molecule has 2 saturated carbocycles. The summed E-state index contributed by atoms with van der Waals surface area (Å²) in [5.41, 5.74) is 0.930. The molecule has 0 aromatic carbocycles. The molecule has 3 atom stereocenters. The number of sulfonamides is 1. The smallest absolute Gasteiger partial charge is 0.254 e. The number of nitrogens with one attached hydrogen (secondary N) is 1. The minimum atomic E-state index is -3.34. The largest absolute Gasteiger partial charge is 0.332 e. The number of likely N-dealkylation sites (tertiary alicyclic amines) is 1. The fourth-order valence-electron chi connectivity index (χ4n) is 6.04. The maximum atomic E-state index is 13.4. The Balaban J connectivity index is 1.42. The molecule has 2 aliphatic carbocycles. The highest BCUT2D eigenvalue weighted by Crippen LogP contribution is 2.56. The molecule has 1 aromatic rings. The second kappa shape index (κ2) is 7.99. The molecule has 0 spiro atoms. The Bertz CT molecular complexity index is 1020. The van der Waals surface area contributed by atoms with E-state index < -0.39 is 10.0 Å². The van der Waals surface area contributed by atoms with Crippen LogP contribution in [0.2, 0.25) is 0 Å². The first-order chi connectivity index (χ1) is 14.9. The number of carbonyl (C=O) groups is 1. The third kappa shape index (κ3) is 3.73. The summed E-state index contributed by atoms with van der Waals surface area (Å²) in [6, 6.07) is -0.222. The number of aromatic amines is 1. The van der Waals surface area contributed by atoms with Crippen molar-refractivity contribution in [3.63, 3.8) is 0 Å². The number of piperidine rings is 1. The molecule has 3 fully saturated rings. The molecule has 5 rings (SSSR count). The second-order valence-corrected chi connectivity index (χ2v) is 11.8. The number of aromatic nitrogens is 2. The van der Waals surface area contributed by atoms with Crippen LogP contribution >= 0.6 is 0 Å². The minimum absolute atomic E-state index is 0.0347. The van der Waals surface area contributed by atoms with Gasteiger partial charge in [-0.15, -0.1) is 0 Å². The maximum Gasteiger partial charge on any atom is 0.254 e. The van der Waals surface area contributed by atoms with Crippen LogP contribution in [0.25, 0.3) is 0 Å². The Labute approximate surface area is 183 Å². The number of H-pyrrole nitrogens is 1. The van der Waals surface area contributed by atoms with Crippen molar-refractivity contribution >= 4 is 15.9 Å². The first-order valence-electron chi connectivity index (χ1n) is 11.8. The number of hydrogen-bond acceptors (Lipinski definition) is 5. The Hall–Kier alpha value is -1.74. The molecule has 1 aromatic heterocycles. The van der Waals surface area contributed by atoms with E-state index >= 15 is 0 Å². The summed E-state index contributed by atoms with van der Waals surface area (Å²) in [7, 11) is -3.34. The van der Waals surface area contributed by atoms with Gasteiger partial charge in [0.1, 0.15) is 5.82 Å². The van der Waals surface area contributed by atoms with E-state index in [4.69, 9.17) is 4.98 Å². The van der Waals surface area contributed by atoms with E-state index in [2.05, 4.69) is 4.98 Å². The van der Waals surface area contributed by atoms with Gasteiger partial charge in [-0.3, -0.25) is 9.59 Å². The van der Waals surface area contributed by atoms with Crippen molar-refractivity contribution in [2.75, 3.05) is 18.8 Å². The molecule has 1 N–H and O–H groups in total. The van der Waals surface area contributed by atoms with Crippen molar-refractivity contribution in [2.24, 2.45) is 17.8 Å². The van der Waals surface area contributed by atoms with Crippen molar-refractivity contribution in [3.8, 4) is 0 Å². The van der Waals surface area contributed by atoms with Gasteiger partial charge in [-0.05, 0) is 57.3 Å². The van der Waals surface area contributed by atoms with E-state index in [1.165, 1.54) is 17.1 Å². The molecule has 2 aliphatic heterocycles. The number of hydrogen-bond donors (Lipinski definition) is 1. The Kier molecular flexibility index (Phi) is 5.45. The average Bonchev–Trinajstić information content (AvgIpc) is 3.52. The predicted octanol–water partition coefficient (Wildman–Crippen LogP) is 1.97. The van der Waals surface area contributed by atoms with E-state index in [1.54, 1.807) is 6.92 Å². The van der Waals surface area contributed by atoms with E-state index in [-0.39, 0.29) is 35.7 Å². The quantitative estimate of drug-likeness (QED) is 0.758. The second-order valence-electron chi connectivity index (χ2n) is 9.54. The fourth-order valence-corrected chi connectivity index (χ4v) is 7.10. The monoisotopic (exact) mass is 448 g/mol. The summed E-state index contributed by atoms with van der Waals surface area (Å²) in [4.78, 5) is 35.9. The van der Waals surface area contributed by atoms with Gasteiger partial charge in [0.2, 0.25) is 15.9 Å². The minimum Gasteiger partial charge on any atom is -0.332 e. The topological polar surface area (TPSA) is 103 Å². The standard InChI is InChI=1S/C22H32N4O4S/c1-2-31(29,30)25-12-10-16-17(13-25)23-20(24-21(16)27)18-9-5-6-11-26(18)22(28)19-14-7-3-4-8-15(14)19/h14-15,18-19H,2-13H2,1H3,(H,23,24,27)/t14-,15-,18-/m0/s1. The molecule has 0 radical (unpaired) electrons. The van der Waals surface area contributed by atoms with Gasteiger partial charge in [0.15, 0.2) is 0 Å². The zero-order valence-corrected chi connectivity index (χ0v) is 19.0. The first kappa shape index (κ1) is 21.1. The summed E-state index contributed by atoms with van der Waals surface area (Å²) in [5, 5.41) is 0. The third-order valence-corrected chi connectivity index (χ3v) is 9.69. The van der Waals surface area contributed by atoms with Gasteiger partial charge in [-0.1, -0.05) is 12.8 Å². The molecule has 0 unspecified atom stereocenters. The Morgan fingerprint density at radius 3 is 2.52 bits per heavy atom. The molecule has 170 valence electrons. The third-order valence-electron chi connectivity index (χ3n) is 7.86. The van der Waals surface area contributed by atoms with Crippen LogP contribution in [0.15, 0.2) is 4.79 Å². The number of nitrogens with zero attached hydrogens (tertiary/aromatic N) is 3. The van der Waals surface area contributed by atoms with Crippen LogP contribution < -0.4 is 5.56 Å². The van der Waals surface area contributed by atoms with Crippen molar-refractivity contribution in [1.82, 2.24) is 19.2 Å². The molecule has 8 nitrogen and oxygen atoms in total. The normalized spacial score (nSPS) is 31.1. The zero-order valence-electron chi connectivity index (χ0n) is 18.2. The Morgan fingerprint density at radius 1 is 1.10 bits per heavy atom. The van der Waals surface area contributed by atoms with Gasteiger partial charge in [0.05, 0.1) is 24.0 Å². The van der Waals surface area contributed by atoms with Crippen molar-refractivity contribution in [1.29, 1.82) is 0 Å². The fraction of sp³-hybridized carbons (Fsp3) is 0.773. The number of rotatable bonds is 4. The average molecular weight is 449 g/mol. The van der Waals surface area contributed by atoms with Gasteiger partial charge in [0.25, 0.3) is 5.56 Å². The summed E-state index contributed by atoms with van der Waals surface area (Å²) in [6.07, 6.45) is 7.90. The molecule has 1 amide bonds.